The van der Waals surface area contributed by atoms with Gasteiger partial charge in [-0.1, -0.05) is 17.7 Å². The summed E-state index contributed by atoms with van der Waals surface area (Å²) in [6, 6.07) is 4.07. The number of aromatic carboxylic acids is 1. The van der Waals surface area contributed by atoms with Crippen molar-refractivity contribution in [2.24, 2.45) is 0 Å². The zero-order chi connectivity index (χ0) is 13.3. The third-order valence-electron chi connectivity index (χ3n) is 2.48. The minimum absolute atomic E-state index is 0.00863. The van der Waals surface area contributed by atoms with Crippen molar-refractivity contribution in [3.8, 4) is 0 Å². The summed E-state index contributed by atoms with van der Waals surface area (Å²) in [6.45, 7) is 0. The van der Waals surface area contributed by atoms with Gasteiger partial charge in [0, 0.05) is 11.1 Å². The molecule has 1 aliphatic heterocycles. The van der Waals surface area contributed by atoms with E-state index in [1.165, 1.54) is 12.1 Å². The first-order valence-electron chi connectivity index (χ1n) is 5.08. The Kier molecular flexibility index (Phi) is 3.32. The molecular weight excluding hydrogens is 278 g/mol. The largest absolute Gasteiger partial charge is 0.478 e. The van der Waals surface area contributed by atoms with Gasteiger partial charge in [0.1, 0.15) is 0 Å². The van der Waals surface area contributed by atoms with Crippen molar-refractivity contribution in [1.29, 1.82) is 0 Å². The Morgan fingerprint density at radius 1 is 1.44 bits per heavy atom. The van der Waals surface area contributed by atoms with E-state index in [2.05, 4.69) is 5.32 Å². The lowest BCUT2D eigenvalue weighted by Gasteiger charge is -2.12. The third-order valence-corrected chi connectivity index (χ3v) is 4.19. The van der Waals surface area contributed by atoms with Gasteiger partial charge in [0.05, 0.1) is 22.4 Å². The Morgan fingerprint density at radius 2 is 2.17 bits per heavy atom. The van der Waals surface area contributed by atoms with Gasteiger partial charge in [-0.25, -0.2) is 13.2 Å². The molecule has 1 aromatic rings. The first-order valence-corrected chi connectivity index (χ1v) is 7.17. The molecule has 0 saturated heterocycles. The van der Waals surface area contributed by atoms with Crippen molar-refractivity contribution in [2.45, 2.75) is 6.04 Å². The van der Waals surface area contributed by atoms with Gasteiger partial charge in [0.2, 0.25) is 0 Å². The summed E-state index contributed by atoms with van der Waals surface area (Å²) in [7, 11) is -3.12. The highest BCUT2D eigenvalue weighted by Crippen LogP contribution is 2.22. The van der Waals surface area contributed by atoms with E-state index >= 15 is 0 Å². The Labute approximate surface area is 109 Å². The number of carbonyl (C=O) groups is 1. The minimum Gasteiger partial charge on any atom is -0.478 e. The van der Waals surface area contributed by atoms with Crippen LogP contribution < -0.4 is 5.32 Å². The van der Waals surface area contributed by atoms with E-state index in [0.717, 1.165) is 5.41 Å². The molecule has 0 bridgehead atoms. The highest BCUT2D eigenvalue weighted by atomic mass is 35.5. The normalized spacial score (nSPS) is 20.8. The van der Waals surface area contributed by atoms with Gasteiger partial charge in [-0.2, -0.15) is 0 Å². The number of anilines is 1. The van der Waals surface area contributed by atoms with Crippen molar-refractivity contribution in [2.75, 3.05) is 11.1 Å². The second-order valence-electron chi connectivity index (χ2n) is 3.91. The zero-order valence-corrected chi connectivity index (χ0v) is 10.7. The summed E-state index contributed by atoms with van der Waals surface area (Å²) in [6.07, 6.45) is 1.55. The van der Waals surface area contributed by atoms with Gasteiger partial charge in [-0.05, 0) is 18.2 Å². The molecule has 5 nitrogen and oxygen atoms in total. The quantitative estimate of drug-likeness (QED) is 0.885. The van der Waals surface area contributed by atoms with Crippen LogP contribution in [0.15, 0.2) is 29.7 Å². The average molecular weight is 288 g/mol. The first-order chi connectivity index (χ1) is 8.37. The fourth-order valence-corrected chi connectivity index (χ4v) is 3.15. The number of hydrogen-bond donors (Lipinski definition) is 2. The lowest BCUT2D eigenvalue weighted by molar-refractivity contribution is 0.0697. The summed E-state index contributed by atoms with van der Waals surface area (Å²) < 4.78 is 22.4. The summed E-state index contributed by atoms with van der Waals surface area (Å²) in [5, 5.41) is 13.0. The van der Waals surface area contributed by atoms with E-state index in [4.69, 9.17) is 16.7 Å². The molecule has 1 atom stereocenters. The van der Waals surface area contributed by atoms with Crippen LogP contribution in [0.2, 0.25) is 5.02 Å². The summed E-state index contributed by atoms with van der Waals surface area (Å²) >= 11 is 5.81. The van der Waals surface area contributed by atoms with Crippen LogP contribution in [-0.4, -0.2) is 31.3 Å². The monoisotopic (exact) mass is 287 g/mol. The maximum atomic E-state index is 11.2. The highest BCUT2D eigenvalue weighted by molar-refractivity contribution is 7.94. The molecule has 1 aromatic carbocycles. The van der Waals surface area contributed by atoms with Crippen LogP contribution >= 0.6 is 11.6 Å². The molecule has 96 valence electrons. The molecule has 1 aliphatic rings. The van der Waals surface area contributed by atoms with Crippen LogP contribution in [0.5, 0.6) is 0 Å². The van der Waals surface area contributed by atoms with Crippen LogP contribution in [0.4, 0.5) is 5.69 Å². The van der Waals surface area contributed by atoms with Gasteiger partial charge in [-0.15, -0.1) is 0 Å². The second kappa shape index (κ2) is 4.62. The van der Waals surface area contributed by atoms with Crippen molar-refractivity contribution in [1.82, 2.24) is 0 Å². The Morgan fingerprint density at radius 3 is 2.67 bits per heavy atom. The van der Waals surface area contributed by atoms with E-state index in [1.807, 2.05) is 0 Å². The van der Waals surface area contributed by atoms with E-state index in [-0.39, 0.29) is 22.4 Å². The average Bonchev–Trinajstić information content (AvgIpc) is 2.57. The summed E-state index contributed by atoms with van der Waals surface area (Å²) in [5.41, 5.74) is 0.591. The molecule has 1 heterocycles. The SMILES string of the molecule is O=C(O)c1ccc(NC2C=CS(=O)(=O)C2)cc1Cl. The van der Waals surface area contributed by atoms with Crippen molar-refractivity contribution in [3.63, 3.8) is 0 Å². The van der Waals surface area contributed by atoms with Crippen LogP contribution in [0, 0.1) is 0 Å². The number of hydrogen-bond acceptors (Lipinski definition) is 4. The Hall–Kier alpha value is -1.53. The number of rotatable bonds is 3. The predicted molar refractivity (Wildman–Crippen MR) is 68.7 cm³/mol. The molecule has 1 unspecified atom stereocenters. The summed E-state index contributed by atoms with van der Waals surface area (Å²) in [5.74, 6) is -1.11. The molecule has 18 heavy (non-hydrogen) atoms. The highest BCUT2D eigenvalue weighted by Gasteiger charge is 2.21. The molecule has 2 rings (SSSR count). The molecular formula is C11H10ClNO4S. The van der Waals surface area contributed by atoms with E-state index in [1.54, 1.807) is 12.1 Å². The van der Waals surface area contributed by atoms with E-state index in [0.29, 0.717) is 5.69 Å². The van der Waals surface area contributed by atoms with Gasteiger partial charge >= 0.3 is 5.97 Å². The number of benzene rings is 1. The number of nitrogens with one attached hydrogen (secondary N) is 1. The lowest BCUT2D eigenvalue weighted by Crippen LogP contribution is -2.20. The van der Waals surface area contributed by atoms with Gasteiger partial charge in [0.15, 0.2) is 9.84 Å². The second-order valence-corrected chi connectivity index (χ2v) is 6.25. The molecule has 0 amide bonds. The van der Waals surface area contributed by atoms with Gasteiger partial charge in [0.25, 0.3) is 0 Å². The van der Waals surface area contributed by atoms with Crippen LogP contribution in [0.3, 0.4) is 0 Å². The number of carboxylic acids is 1. The molecule has 0 spiro atoms. The first kappa shape index (κ1) is 12.9. The van der Waals surface area contributed by atoms with Crippen LogP contribution in [0.25, 0.3) is 0 Å². The molecule has 0 aromatic heterocycles. The standard InChI is InChI=1S/C11H10ClNO4S/c12-10-5-7(1-2-9(10)11(14)15)13-8-3-4-18(16,17)6-8/h1-5,8,13H,6H2,(H,14,15). The van der Waals surface area contributed by atoms with Crippen molar-refractivity contribution >= 4 is 33.1 Å². The smallest absolute Gasteiger partial charge is 0.337 e. The number of carboxylic acid groups (broad SMARTS) is 1. The lowest BCUT2D eigenvalue weighted by atomic mass is 10.2. The molecule has 0 fully saturated rings. The van der Waals surface area contributed by atoms with Crippen molar-refractivity contribution in [3.05, 3.63) is 40.3 Å². The molecule has 2 N–H and O–H groups in total. The minimum atomic E-state index is -3.12. The molecule has 7 heteroatoms. The number of halogens is 1. The van der Waals surface area contributed by atoms with Crippen LogP contribution in [-0.2, 0) is 9.84 Å². The maximum Gasteiger partial charge on any atom is 0.337 e. The van der Waals surface area contributed by atoms with Crippen molar-refractivity contribution < 1.29 is 18.3 Å². The Bertz CT molecular complexity index is 624. The van der Waals surface area contributed by atoms with Crippen LogP contribution in [0.1, 0.15) is 10.4 Å². The van der Waals surface area contributed by atoms with Gasteiger partial charge in [-0.3, -0.25) is 0 Å². The Balaban J connectivity index is 2.15. The van der Waals surface area contributed by atoms with E-state index < -0.39 is 15.8 Å². The summed E-state index contributed by atoms with van der Waals surface area (Å²) in [4.78, 5) is 10.8. The zero-order valence-electron chi connectivity index (χ0n) is 9.13. The topological polar surface area (TPSA) is 83.5 Å². The molecule has 0 saturated carbocycles. The maximum absolute atomic E-state index is 11.2. The van der Waals surface area contributed by atoms with Gasteiger partial charge < -0.3 is 10.4 Å². The fraction of sp³-hybridized carbons (Fsp3) is 0.182. The third kappa shape index (κ3) is 2.83. The van der Waals surface area contributed by atoms with E-state index in [9.17, 15) is 13.2 Å². The fourth-order valence-electron chi connectivity index (χ4n) is 1.66. The molecule has 0 radical (unpaired) electrons. The number of sulfone groups is 1. The molecule has 0 aliphatic carbocycles. The predicted octanol–water partition coefficient (Wildman–Crippen LogP) is 1.76.